The molecule has 0 radical (unpaired) electrons. The van der Waals surface area contributed by atoms with Gasteiger partial charge in [-0.1, -0.05) is 33.1 Å². The molecule has 0 aromatic heterocycles. The summed E-state index contributed by atoms with van der Waals surface area (Å²) in [5.74, 6) is 0.933. The first kappa shape index (κ1) is 15.3. The molecule has 0 aromatic carbocycles. The lowest BCUT2D eigenvalue weighted by Crippen LogP contribution is -2.50. The lowest BCUT2D eigenvalue weighted by molar-refractivity contribution is 0.0485. The molecule has 2 rings (SSSR count). The van der Waals surface area contributed by atoms with Gasteiger partial charge in [-0.15, -0.1) is 0 Å². The summed E-state index contributed by atoms with van der Waals surface area (Å²) in [6.07, 6.45) is 10.0. The minimum atomic E-state index is 0.573. The molecule has 112 valence electrons. The fourth-order valence-electron chi connectivity index (χ4n) is 4.20. The minimum Gasteiger partial charge on any atom is -0.316 e. The van der Waals surface area contributed by atoms with Crippen molar-refractivity contribution >= 4 is 0 Å². The van der Waals surface area contributed by atoms with Gasteiger partial charge >= 0.3 is 0 Å². The van der Waals surface area contributed by atoms with E-state index in [0.29, 0.717) is 5.41 Å². The van der Waals surface area contributed by atoms with E-state index in [1.54, 1.807) is 0 Å². The molecule has 19 heavy (non-hydrogen) atoms. The smallest absolute Gasteiger partial charge is 0.00697 e. The molecule has 1 N–H and O–H groups in total. The van der Waals surface area contributed by atoms with Gasteiger partial charge in [-0.2, -0.15) is 0 Å². The Hall–Kier alpha value is -0.0800. The van der Waals surface area contributed by atoms with Crippen LogP contribution in [-0.2, 0) is 0 Å². The Morgan fingerprint density at radius 3 is 2.53 bits per heavy atom. The summed E-state index contributed by atoms with van der Waals surface area (Å²) in [5, 5.41) is 3.65. The monoisotopic (exact) mass is 266 g/mol. The molecule has 0 bridgehead atoms. The Kier molecular flexibility index (Phi) is 5.70. The van der Waals surface area contributed by atoms with Crippen LogP contribution in [-0.4, -0.2) is 37.1 Å². The first-order chi connectivity index (χ1) is 9.15. The summed E-state index contributed by atoms with van der Waals surface area (Å²) in [4.78, 5) is 2.79. The molecule has 1 saturated heterocycles. The summed E-state index contributed by atoms with van der Waals surface area (Å²) in [7, 11) is 0. The van der Waals surface area contributed by atoms with E-state index < -0.39 is 0 Å². The van der Waals surface area contributed by atoms with Gasteiger partial charge in [-0.25, -0.2) is 0 Å². The van der Waals surface area contributed by atoms with Gasteiger partial charge in [0.1, 0.15) is 0 Å². The maximum atomic E-state index is 3.65. The van der Waals surface area contributed by atoms with Gasteiger partial charge in [-0.3, -0.25) is 0 Å². The quantitative estimate of drug-likeness (QED) is 0.817. The van der Waals surface area contributed by atoms with Gasteiger partial charge in [0, 0.05) is 19.1 Å². The third kappa shape index (κ3) is 4.19. The molecule has 2 aliphatic rings. The van der Waals surface area contributed by atoms with E-state index in [0.717, 1.165) is 18.5 Å². The van der Waals surface area contributed by atoms with Crippen LogP contribution in [0.25, 0.3) is 0 Å². The number of hydrogen-bond donors (Lipinski definition) is 1. The number of piperidine rings is 1. The van der Waals surface area contributed by atoms with Gasteiger partial charge in [0.15, 0.2) is 0 Å². The normalized spacial score (nSPS) is 32.4. The fourth-order valence-corrected chi connectivity index (χ4v) is 4.20. The van der Waals surface area contributed by atoms with Gasteiger partial charge < -0.3 is 10.2 Å². The van der Waals surface area contributed by atoms with Crippen molar-refractivity contribution in [2.75, 3.05) is 26.2 Å². The number of nitrogens with zero attached hydrogens (tertiary/aromatic N) is 1. The summed E-state index contributed by atoms with van der Waals surface area (Å²) < 4.78 is 0. The molecule has 0 spiro atoms. The molecule has 1 aliphatic heterocycles. The van der Waals surface area contributed by atoms with Gasteiger partial charge in [0.05, 0.1) is 0 Å². The highest BCUT2D eigenvalue weighted by Crippen LogP contribution is 2.38. The lowest BCUT2D eigenvalue weighted by Gasteiger charge is -2.45. The van der Waals surface area contributed by atoms with Crippen LogP contribution < -0.4 is 5.32 Å². The Morgan fingerprint density at radius 2 is 1.89 bits per heavy atom. The zero-order valence-corrected chi connectivity index (χ0v) is 13.4. The van der Waals surface area contributed by atoms with E-state index in [-0.39, 0.29) is 0 Å². The molecular weight excluding hydrogens is 232 g/mol. The first-order valence-electron chi connectivity index (χ1n) is 8.60. The number of nitrogens with one attached hydrogen (secondary N) is 1. The van der Waals surface area contributed by atoms with E-state index in [4.69, 9.17) is 0 Å². The second-order valence-electron chi connectivity index (χ2n) is 7.29. The highest BCUT2D eigenvalue weighted by Gasteiger charge is 2.35. The van der Waals surface area contributed by atoms with E-state index in [1.165, 1.54) is 64.6 Å². The predicted molar refractivity (Wildman–Crippen MR) is 83.5 cm³/mol. The number of likely N-dealkylation sites (tertiary alicyclic amines) is 1. The van der Waals surface area contributed by atoms with Crippen LogP contribution in [0.3, 0.4) is 0 Å². The fraction of sp³-hybridized carbons (Fsp3) is 1.00. The SMILES string of the molecule is CCNCC1(CN2CCC(C)CC2C)CCCCC1. The van der Waals surface area contributed by atoms with Crippen molar-refractivity contribution in [1.29, 1.82) is 0 Å². The van der Waals surface area contributed by atoms with Crippen molar-refractivity contribution in [2.24, 2.45) is 11.3 Å². The van der Waals surface area contributed by atoms with Crippen molar-refractivity contribution in [3.05, 3.63) is 0 Å². The third-order valence-electron chi connectivity index (χ3n) is 5.48. The van der Waals surface area contributed by atoms with Crippen molar-refractivity contribution in [1.82, 2.24) is 10.2 Å². The largest absolute Gasteiger partial charge is 0.316 e. The summed E-state index contributed by atoms with van der Waals surface area (Å²) in [5.41, 5.74) is 0.573. The molecule has 2 fully saturated rings. The average Bonchev–Trinajstić information content (AvgIpc) is 2.41. The van der Waals surface area contributed by atoms with Gasteiger partial charge in [-0.05, 0) is 57.0 Å². The summed E-state index contributed by atoms with van der Waals surface area (Å²) >= 11 is 0. The van der Waals surface area contributed by atoms with Gasteiger partial charge in [0.2, 0.25) is 0 Å². The Balaban J connectivity index is 1.94. The summed E-state index contributed by atoms with van der Waals surface area (Å²) in [6.45, 7) is 12.1. The third-order valence-corrected chi connectivity index (χ3v) is 5.48. The van der Waals surface area contributed by atoms with E-state index in [2.05, 4.69) is 31.0 Å². The Labute approximate surface area is 120 Å². The molecule has 0 aromatic rings. The van der Waals surface area contributed by atoms with Crippen molar-refractivity contribution in [3.63, 3.8) is 0 Å². The molecule has 1 heterocycles. The molecule has 2 unspecified atom stereocenters. The van der Waals surface area contributed by atoms with Crippen LogP contribution in [0.1, 0.15) is 65.7 Å². The Morgan fingerprint density at radius 1 is 1.16 bits per heavy atom. The number of rotatable bonds is 5. The standard InChI is InChI=1S/C17H34N2/c1-4-18-13-17(9-6-5-7-10-17)14-19-11-8-15(2)12-16(19)3/h15-16,18H,4-14H2,1-3H3. The Bertz CT molecular complexity index is 258. The predicted octanol–water partition coefficient (Wildman–Crippen LogP) is 3.67. The van der Waals surface area contributed by atoms with E-state index >= 15 is 0 Å². The van der Waals surface area contributed by atoms with Crippen LogP contribution >= 0.6 is 0 Å². The zero-order chi connectivity index (χ0) is 13.7. The second kappa shape index (κ2) is 7.08. The summed E-state index contributed by atoms with van der Waals surface area (Å²) in [6, 6.07) is 0.796. The van der Waals surface area contributed by atoms with E-state index in [1.807, 2.05) is 0 Å². The molecule has 1 saturated carbocycles. The highest BCUT2D eigenvalue weighted by atomic mass is 15.2. The van der Waals surface area contributed by atoms with Crippen LogP contribution in [0.4, 0.5) is 0 Å². The van der Waals surface area contributed by atoms with Gasteiger partial charge in [0.25, 0.3) is 0 Å². The molecule has 2 heteroatoms. The molecular formula is C17H34N2. The van der Waals surface area contributed by atoms with Crippen molar-refractivity contribution < 1.29 is 0 Å². The van der Waals surface area contributed by atoms with E-state index in [9.17, 15) is 0 Å². The molecule has 2 atom stereocenters. The molecule has 0 amide bonds. The highest BCUT2D eigenvalue weighted by molar-refractivity contribution is 4.90. The average molecular weight is 266 g/mol. The lowest BCUT2D eigenvalue weighted by atomic mass is 9.73. The topological polar surface area (TPSA) is 15.3 Å². The van der Waals surface area contributed by atoms with Crippen LogP contribution in [0.15, 0.2) is 0 Å². The first-order valence-corrected chi connectivity index (χ1v) is 8.60. The minimum absolute atomic E-state index is 0.573. The molecule has 2 nitrogen and oxygen atoms in total. The van der Waals surface area contributed by atoms with Crippen LogP contribution in [0.2, 0.25) is 0 Å². The maximum absolute atomic E-state index is 3.65. The van der Waals surface area contributed by atoms with Crippen molar-refractivity contribution in [3.8, 4) is 0 Å². The number of hydrogen-bond acceptors (Lipinski definition) is 2. The van der Waals surface area contributed by atoms with Crippen LogP contribution in [0.5, 0.6) is 0 Å². The molecule has 1 aliphatic carbocycles. The maximum Gasteiger partial charge on any atom is 0.00697 e. The second-order valence-corrected chi connectivity index (χ2v) is 7.29. The van der Waals surface area contributed by atoms with Crippen LogP contribution in [0, 0.1) is 11.3 Å². The zero-order valence-electron chi connectivity index (χ0n) is 13.4. The van der Waals surface area contributed by atoms with Crippen molar-refractivity contribution in [2.45, 2.75) is 71.8 Å².